The first-order valence-corrected chi connectivity index (χ1v) is 6.73. The largest absolute Gasteiger partial charge is 0.367 e. The summed E-state index contributed by atoms with van der Waals surface area (Å²) < 4.78 is 5.04. The number of pyridine rings is 1. The van der Waals surface area contributed by atoms with Gasteiger partial charge in [-0.25, -0.2) is 0 Å². The molecule has 106 valence electrons. The number of H-pyrrole nitrogens is 1. The molecule has 0 aliphatic rings. The molecule has 2 heterocycles. The van der Waals surface area contributed by atoms with Gasteiger partial charge in [0.25, 0.3) is 0 Å². The molecule has 3 aromatic rings. The van der Waals surface area contributed by atoms with E-state index in [0.29, 0.717) is 32.6 Å². The molecule has 0 bridgehead atoms. The van der Waals surface area contributed by atoms with Crippen LogP contribution in [-0.2, 0) is 0 Å². The van der Waals surface area contributed by atoms with Crippen LogP contribution < -0.4 is 11.3 Å². The van der Waals surface area contributed by atoms with Crippen molar-refractivity contribution < 1.29 is 4.52 Å². The van der Waals surface area contributed by atoms with E-state index in [1.54, 1.807) is 30.3 Å². The Kier molecular flexibility index (Phi) is 3.45. The predicted molar refractivity (Wildman–Crippen MR) is 82.4 cm³/mol. The van der Waals surface area contributed by atoms with E-state index < -0.39 is 0 Å². The van der Waals surface area contributed by atoms with Crippen LogP contribution in [-0.4, -0.2) is 10.1 Å². The summed E-state index contributed by atoms with van der Waals surface area (Å²) in [4.78, 5) is 14.1. The summed E-state index contributed by atoms with van der Waals surface area (Å²) in [6.07, 6.45) is 0. The summed E-state index contributed by atoms with van der Waals surface area (Å²) in [5.41, 5.74) is 7.40. The maximum atomic E-state index is 11.5. The smallest absolute Gasteiger partial charge is 0.248 e. The lowest BCUT2D eigenvalue weighted by Gasteiger charge is -2.07. The van der Waals surface area contributed by atoms with Crippen LogP contribution in [0.1, 0.15) is 0 Å². The molecule has 0 unspecified atom stereocenters. The second kappa shape index (κ2) is 5.27. The van der Waals surface area contributed by atoms with Crippen LogP contribution in [0.15, 0.2) is 45.7 Å². The highest BCUT2D eigenvalue weighted by Gasteiger charge is 2.22. The zero-order chi connectivity index (χ0) is 15.0. The summed E-state index contributed by atoms with van der Waals surface area (Å²) >= 11 is 12.4. The number of benzene rings is 1. The number of nitrogens with zero attached hydrogens (tertiary/aromatic N) is 1. The van der Waals surface area contributed by atoms with Crippen molar-refractivity contribution in [3.8, 4) is 22.5 Å². The van der Waals surface area contributed by atoms with Gasteiger partial charge in [0.15, 0.2) is 0 Å². The Balaban J connectivity index is 2.30. The summed E-state index contributed by atoms with van der Waals surface area (Å²) in [5, 5.41) is 4.73. The van der Waals surface area contributed by atoms with Gasteiger partial charge in [0, 0.05) is 11.6 Å². The number of aromatic nitrogens is 2. The number of rotatable bonds is 2. The maximum Gasteiger partial charge on any atom is 0.248 e. The Hall–Kier alpha value is -2.24. The second-order valence-electron chi connectivity index (χ2n) is 4.30. The molecule has 1 aromatic carbocycles. The van der Waals surface area contributed by atoms with Gasteiger partial charge in [-0.2, -0.15) is 0 Å². The second-order valence-corrected chi connectivity index (χ2v) is 5.11. The lowest BCUT2D eigenvalue weighted by atomic mass is 10.0. The lowest BCUT2D eigenvalue weighted by Crippen LogP contribution is -2.04. The highest BCUT2D eigenvalue weighted by molar-refractivity contribution is 6.39. The van der Waals surface area contributed by atoms with Crippen molar-refractivity contribution in [1.82, 2.24) is 10.1 Å². The number of aromatic amines is 1. The predicted octanol–water partition coefficient (Wildman–Crippen LogP) is 3.59. The molecule has 0 radical (unpaired) electrons. The van der Waals surface area contributed by atoms with Crippen molar-refractivity contribution in [3.63, 3.8) is 0 Å². The van der Waals surface area contributed by atoms with E-state index in [1.165, 1.54) is 6.07 Å². The molecule has 21 heavy (non-hydrogen) atoms. The average molecular weight is 322 g/mol. The molecule has 3 rings (SSSR count). The SMILES string of the molecule is Nc1onc(-c2cccc(=O)[nH]2)c1-c1c(Cl)cccc1Cl. The number of hydrogen-bond donors (Lipinski definition) is 2. The van der Waals surface area contributed by atoms with E-state index >= 15 is 0 Å². The molecule has 3 N–H and O–H groups in total. The van der Waals surface area contributed by atoms with Crippen LogP contribution in [0.5, 0.6) is 0 Å². The van der Waals surface area contributed by atoms with Gasteiger partial charge < -0.3 is 15.2 Å². The molecule has 0 atom stereocenters. The summed E-state index contributed by atoms with van der Waals surface area (Å²) in [6.45, 7) is 0. The quantitative estimate of drug-likeness (QED) is 0.755. The van der Waals surface area contributed by atoms with Crippen LogP contribution in [0.3, 0.4) is 0 Å². The van der Waals surface area contributed by atoms with Gasteiger partial charge in [-0.1, -0.05) is 40.5 Å². The number of nitrogens with one attached hydrogen (secondary N) is 1. The normalized spacial score (nSPS) is 10.8. The van der Waals surface area contributed by atoms with E-state index in [-0.39, 0.29) is 11.4 Å². The Morgan fingerprint density at radius 3 is 2.38 bits per heavy atom. The van der Waals surface area contributed by atoms with Crippen molar-refractivity contribution in [1.29, 1.82) is 0 Å². The Labute approximate surface area is 129 Å². The van der Waals surface area contributed by atoms with Crippen LogP contribution in [0.25, 0.3) is 22.5 Å². The zero-order valence-corrected chi connectivity index (χ0v) is 12.1. The first-order valence-electron chi connectivity index (χ1n) is 5.97. The first kappa shape index (κ1) is 13.7. The van der Waals surface area contributed by atoms with Crippen molar-refractivity contribution in [2.75, 3.05) is 5.73 Å². The maximum absolute atomic E-state index is 11.5. The van der Waals surface area contributed by atoms with Gasteiger partial charge in [-0.3, -0.25) is 4.79 Å². The third kappa shape index (κ3) is 2.41. The van der Waals surface area contributed by atoms with Crippen molar-refractivity contribution >= 4 is 29.1 Å². The van der Waals surface area contributed by atoms with Gasteiger partial charge >= 0.3 is 0 Å². The average Bonchev–Trinajstić information content (AvgIpc) is 2.81. The summed E-state index contributed by atoms with van der Waals surface area (Å²) in [6, 6.07) is 9.79. The molecule has 0 fully saturated rings. The topological polar surface area (TPSA) is 84.9 Å². The van der Waals surface area contributed by atoms with Gasteiger partial charge in [0.1, 0.15) is 5.69 Å². The monoisotopic (exact) mass is 321 g/mol. The van der Waals surface area contributed by atoms with Gasteiger partial charge in [0.05, 0.1) is 21.3 Å². The molecular weight excluding hydrogens is 313 g/mol. The number of nitrogens with two attached hydrogens (primary N) is 1. The molecule has 5 nitrogen and oxygen atoms in total. The molecule has 2 aromatic heterocycles. The van der Waals surface area contributed by atoms with Crippen LogP contribution in [0.2, 0.25) is 10.0 Å². The minimum atomic E-state index is -0.259. The molecule has 0 saturated carbocycles. The van der Waals surface area contributed by atoms with Gasteiger partial charge in [-0.05, 0) is 18.2 Å². The Morgan fingerprint density at radius 1 is 1.05 bits per heavy atom. The summed E-state index contributed by atoms with van der Waals surface area (Å²) in [7, 11) is 0. The summed E-state index contributed by atoms with van der Waals surface area (Å²) in [5.74, 6) is 0.0738. The minimum Gasteiger partial charge on any atom is -0.367 e. The number of halogens is 2. The van der Waals surface area contributed by atoms with Crippen molar-refractivity contribution in [2.45, 2.75) is 0 Å². The Morgan fingerprint density at radius 2 is 1.71 bits per heavy atom. The third-order valence-electron chi connectivity index (χ3n) is 2.95. The molecule has 0 aliphatic heterocycles. The molecule has 0 aliphatic carbocycles. The van der Waals surface area contributed by atoms with Gasteiger partial charge in [0.2, 0.25) is 11.4 Å². The molecular formula is C14H9Cl2N3O2. The van der Waals surface area contributed by atoms with Crippen molar-refractivity contribution in [2.24, 2.45) is 0 Å². The number of hydrogen-bond acceptors (Lipinski definition) is 4. The van der Waals surface area contributed by atoms with Crippen molar-refractivity contribution in [3.05, 3.63) is 56.8 Å². The highest BCUT2D eigenvalue weighted by Crippen LogP contribution is 2.42. The third-order valence-corrected chi connectivity index (χ3v) is 3.58. The first-order chi connectivity index (χ1) is 10.1. The molecule has 0 saturated heterocycles. The van der Waals surface area contributed by atoms with Crippen LogP contribution in [0, 0.1) is 0 Å². The van der Waals surface area contributed by atoms with E-state index in [9.17, 15) is 4.79 Å². The van der Waals surface area contributed by atoms with E-state index in [2.05, 4.69) is 10.1 Å². The fourth-order valence-corrected chi connectivity index (χ4v) is 2.64. The lowest BCUT2D eigenvalue weighted by molar-refractivity contribution is 0.439. The minimum absolute atomic E-state index is 0.0738. The zero-order valence-electron chi connectivity index (χ0n) is 10.6. The number of anilines is 1. The highest BCUT2D eigenvalue weighted by atomic mass is 35.5. The molecule has 0 spiro atoms. The van der Waals surface area contributed by atoms with E-state index in [0.717, 1.165) is 0 Å². The van der Waals surface area contributed by atoms with Crippen LogP contribution >= 0.6 is 23.2 Å². The fourth-order valence-electron chi connectivity index (χ4n) is 2.05. The van der Waals surface area contributed by atoms with Gasteiger partial charge in [-0.15, -0.1) is 0 Å². The van der Waals surface area contributed by atoms with E-state index in [1.807, 2.05) is 0 Å². The number of nitrogen functional groups attached to an aromatic ring is 1. The van der Waals surface area contributed by atoms with E-state index in [4.69, 9.17) is 33.5 Å². The fraction of sp³-hybridized carbons (Fsp3) is 0. The van der Waals surface area contributed by atoms with Crippen LogP contribution in [0.4, 0.5) is 5.88 Å². The molecule has 7 heteroatoms. The Bertz CT molecular complexity index is 850. The molecule has 0 amide bonds. The standard InChI is InChI=1S/C14H9Cl2N3O2/c15-7-3-1-4-8(16)11(7)12-13(19-21-14(12)17)9-5-2-6-10(20)18-9/h1-6H,17H2,(H,18,20).